The number of rotatable bonds is 5. The number of ether oxygens (including phenoxy) is 1. The lowest BCUT2D eigenvalue weighted by Gasteiger charge is -2.60. The maximum absolute atomic E-state index is 14.9. The highest BCUT2D eigenvalue weighted by atomic mass is 35.5. The number of halogens is 4. The molecule has 0 bridgehead atoms. The smallest absolute Gasteiger partial charge is 0.267 e. The monoisotopic (exact) mass is 532 g/mol. The van der Waals surface area contributed by atoms with Gasteiger partial charge in [0.2, 0.25) is 11.9 Å². The minimum Gasteiger partial charge on any atom is -0.380 e. The molecule has 37 heavy (non-hydrogen) atoms. The van der Waals surface area contributed by atoms with Crippen LogP contribution in [0.4, 0.5) is 25.1 Å². The van der Waals surface area contributed by atoms with Crippen LogP contribution in [0.15, 0.2) is 30.6 Å². The molecule has 0 unspecified atom stereocenters. The van der Waals surface area contributed by atoms with Crippen LogP contribution in [-0.4, -0.2) is 81.5 Å². The molecule has 3 saturated heterocycles. The molecule has 0 aliphatic carbocycles. The molecule has 7 rings (SSSR count). The second-order valence-corrected chi connectivity index (χ2v) is 11.0. The highest BCUT2D eigenvalue weighted by Crippen LogP contribution is 2.44. The molecular formula is C24H24ClF3N8O. The van der Waals surface area contributed by atoms with Gasteiger partial charge >= 0.3 is 0 Å². The predicted molar refractivity (Wildman–Crippen MR) is 129 cm³/mol. The number of aromatic nitrogens is 5. The maximum atomic E-state index is 14.9. The van der Waals surface area contributed by atoms with Crippen LogP contribution in [0.3, 0.4) is 0 Å². The first-order valence-electron chi connectivity index (χ1n) is 12.2. The van der Waals surface area contributed by atoms with Crippen LogP contribution in [-0.2, 0) is 17.8 Å². The number of hydrogen-bond acceptors (Lipinski definition) is 8. The van der Waals surface area contributed by atoms with Crippen LogP contribution >= 0.6 is 11.6 Å². The Labute approximate surface area is 215 Å². The van der Waals surface area contributed by atoms with Crippen molar-refractivity contribution in [1.82, 2.24) is 29.6 Å². The van der Waals surface area contributed by atoms with Crippen LogP contribution in [0, 0.1) is 17.2 Å². The van der Waals surface area contributed by atoms with E-state index in [-0.39, 0.29) is 31.7 Å². The number of nitrogens with zero attached hydrogens (tertiary/aromatic N) is 8. The van der Waals surface area contributed by atoms with Crippen LogP contribution in [0.5, 0.6) is 0 Å². The Morgan fingerprint density at radius 2 is 1.76 bits per heavy atom. The van der Waals surface area contributed by atoms with Gasteiger partial charge < -0.3 is 14.5 Å². The normalized spacial score (nSPS) is 21.1. The highest BCUT2D eigenvalue weighted by Gasteiger charge is 2.54. The van der Waals surface area contributed by atoms with Crippen molar-refractivity contribution in [3.05, 3.63) is 52.8 Å². The van der Waals surface area contributed by atoms with Gasteiger partial charge in [-0.05, 0) is 23.8 Å². The van der Waals surface area contributed by atoms with E-state index in [1.807, 2.05) is 21.6 Å². The Bertz CT molecular complexity index is 1330. The molecular weight excluding hydrogens is 509 g/mol. The standard InChI is InChI=1S/C24H24ClF3N8O/c25-17-1-2-19-15(3-17)6-33(14-24(27,28)16-8-37-9-16)7-20-31-32-22(36(19)20)35-12-23(13-35)10-34(11-23)21-29-4-18(26)5-30-21/h1-5,16H,6-14H2. The highest BCUT2D eigenvalue weighted by molar-refractivity contribution is 6.30. The molecule has 0 N–H and O–H groups in total. The summed E-state index contributed by atoms with van der Waals surface area (Å²) in [6, 6.07) is 5.54. The van der Waals surface area contributed by atoms with E-state index in [9.17, 15) is 13.2 Å². The lowest BCUT2D eigenvalue weighted by molar-refractivity contribution is -0.179. The quantitative estimate of drug-likeness (QED) is 0.497. The van der Waals surface area contributed by atoms with Gasteiger partial charge in [-0.25, -0.2) is 23.1 Å². The van der Waals surface area contributed by atoms with Crippen molar-refractivity contribution in [1.29, 1.82) is 0 Å². The van der Waals surface area contributed by atoms with E-state index < -0.39 is 17.7 Å². The molecule has 1 spiro atoms. The van der Waals surface area contributed by atoms with Gasteiger partial charge in [-0.3, -0.25) is 9.47 Å². The zero-order valence-corrected chi connectivity index (χ0v) is 20.6. The zero-order chi connectivity index (χ0) is 25.4. The lowest BCUT2D eigenvalue weighted by Crippen LogP contribution is -2.73. The van der Waals surface area contributed by atoms with E-state index in [0.29, 0.717) is 29.3 Å². The van der Waals surface area contributed by atoms with E-state index >= 15 is 0 Å². The molecule has 0 amide bonds. The number of alkyl halides is 2. The molecule has 9 nitrogen and oxygen atoms in total. The molecule has 13 heteroatoms. The third kappa shape index (κ3) is 3.93. The topological polar surface area (TPSA) is 75.4 Å². The van der Waals surface area contributed by atoms with Crippen molar-refractivity contribution in [2.75, 3.05) is 55.7 Å². The molecule has 3 fully saturated rings. The van der Waals surface area contributed by atoms with Crippen LogP contribution < -0.4 is 9.80 Å². The van der Waals surface area contributed by atoms with E-state index in [0.717, 1.165) is 37.4 Å². The fourth-order valence-corrected chi connectivity index (χ4v) is 5.95. The third-order valence-corrected chi connectivity index (χ3v) is 7.94. The van der Waals surface area contributed by atoms with Crippen molar-refractivity contribution in [3.63, 3.8) is 0 Å². The zero-order valence-electron chi connectivity index (χ0n) is 19.8. The second-order valence-electron chi connectivity index (χ2n) is 10.6. The maximum Gasteiger partial charge on any atom is 0.267 e. The van der Waals surface area contributed by atoms with Crippen LogP contribution in [0.1, 0.15) is 11.4 Å². The van der Waals surface area contributed by atoms with E-state index in [1.165, 1.54) is 12.4 Å². The molecule has 4 aliphatic rings. The van der Waals surface area contributed by atoms with E-state index in [4.69, 9.17) is 16.3 Å². The molecule has 0 atom stereocenters. The fraction of sp³-hybridized carbons (Fsp3) is 0.500. The molecule has 6 heterocycles. The Kier molecular flexibility index (Phi) is 5.18. The van der Waals surface area contributed by atoms with Crippen molar-refractivity contribution >= 4 is 23.5 Å². The van der Waals surface area contributed by atoms with Gasteiger partial charge in [0, 0.05) is 43.2 Å². The molecule has 0 saturated carbocycles. The fourth-order valence-electron chi connectivity index (χ4n) is 5.75. The Balaban J connectivity index is 1.12. The first kappa shape index (κ1) is 23.2. The Morgan fingerprint density at radius 3 is 2.46 bits per heavy atom. The van der Waals surface area contributed by atoms with E-state index in [2.05, 4.69) is 25.1 Å². The number of fused-ring (bicyclic) bond motifs is 3. The Hall–Kier alpha value is -2.96. The van der Waals surface area contributed by atoms with E-state index in [1.54, 1.807) is 11.0 Å². The molecule has 4 aliphatic heterocycles. The molecule has 2 aromatic heterocycles. The summed E-state index contributed by atoms with van der Waals surface area (Å²) in [6.07, 6.45) is 2.35. The first-order chi connectivity index (χ1) is 17.8. The Morgan fingerprint density at radius 1 is 1.03 bits per heavy atom. The summed E-state index contributed by atoms with van der Waals surface area (Å²) in [5.74, 6) is -2.24. The van der Waals surface area contributed by atoms with Crippen molar-refractivity contribution < 1.29 is 17.9 Å². The van der Waals surface area contributed by atoms with Gasteiger partial charge in [0.1, 0.15) is 0 Å². The summed E-state index contributed by atoms with van der Waals surface area (Å²) >= 11 is 6.30. The number of benzene rings is 1. The molecule has 0 radical (unpaired) electrons. The van der Waals surface area contributed by atoms with Gasteiger partial charge in [0.05, 0.1) is 50.3 Å². The molecule has 194 valence electrons. The van der Waals surface area contributed by atoms with Crippen molar-refractivity contribution in [3.8, 4) is 5.69 Å². The third-order valence-electron chi connectivity index (χ3n) is 7.70. The van der Waals surface area contributed by atoms with Crippen LogP contribution in [0.25, 0.3) is 5.69 Å². The molecule has 1 aromatic carbocycles. The number of anilines is 2. The van der Waals surface area contributed by atoms with Crippen molar-refractivity contribution in [2.24, 2.45) is 11.3 Å². The molecule has 3 aromatic rings. The number of hydrogen-bond donors (Lipinski definition) is 0. The SMILES string of the molecule is Fc1cnc(N2CC3(C2)CN(c2nnc4n2-c2ccc(Cl)cc2CN(CC(F)(F)C2COC2)C4)C3)nc1. The average molecular weight is 533 g/mol. The first-order valence-corrected chi connectivity index (χ1v) is 12.5. The summed E-state index contributed by atoms with van der Waals surface area (Å²) in [7, 11) is 0. The predicted octanol–water partition coefficient (Wildman–Crippen LogP) is 2.77. The minimum atomic E-state index is -2.86. The van der Waals surface area contributed by atoms with Gasteiger partial charge in [-0.1, -0.05) is 11.6 Å². The van der Waals surface area contributed by atoms with Gasteiger partial charge in [0.25, 0.3) is 5.92 Å². The van der Waals surface area contributed by atoms with Crippen LogP contribution in [0.2, 0.25) is 5.02 Å². The van der Waals surface area contributed by atoms with Gasteiger partial charge in [-0.15, -0.1) is 10.2 Å². The summed E-state index contributed by atoms with van der Waals surface area (Å²) in [4.78, 5) is 14.0. The largest absolute Gasteiger partial charge is 0.380 e. The van der Waals surface area contributed by atoms with Gasteiger partial charge in [0.15, 0.2) is 11.6 Å². The lowest BCUT2D eigenvalue weighted by atomic mass is 9.73. The minimum absolute atomic E-state index is 0.0800. The summed E-state index contributed by atoms with van der Waals surface area (Å²) in [6.45, 7) is 3.46. The summed E-state index contributed by atoms with van der Waals surface area (Å²) in [5, 5.41) is 9.45. The summed E-state index contributed by atoms with van der Waals surface area (Å²) in [5.41, 5.74) is 1.79. The van der Waals surface area contributed by atoms with Gasteiger partial charge in [-0.2, -0.15) is 0 Å². The average Bonchev–Trinajstić information content (AvgIpc) is 3.07. The summed E-state index contributed by atoms with van der Waals surface area (Å²) < 4.78 is 49.9. The second kappa shape index (κ2) is 8.27. The van der Waals surface area contributed by atoms with Crippen molar-refractivity contribution in [2.45, 2.75) is 19.0 Å².